The maximum atomic E-state index is 5.73. The van der Waals surface area contributed by atoms with Crippen molar-refractivity contribution in [1.82, 2.24) is 5.32 Å². The second-order valence-electron chi connectivity index (χ2n) is 5.75. The van der Waals surface area contributed by atoms with E-state index in [2.05, 4.69) is 37.4 Å². The summed E-state index contributed by atoms with van der Waals surface area (Å²) in [5.74, 6) is 1.79. The van der Waals surface area contributed by atoms with Gasteiger partial charge in [-0.3, -0.25) is 4.99 Å². The molecule has 3 nitrogen and oxygen atoms in total. The summed E-state index contributed by atoms with van der Waals surface area (Å²) in [6.07, 6.45) is 3.50. The number of rotatable bonds is 4. The summed E-state index contributed by atoms with van der Waals surface area (Å²) in [4.78, 5) is 4.73. The Morgan fingerprint density at radius 3 is 2.95 bits per heavy atom. The van der Waals surface area contributed by atoms with Gasteiger partial charge >= 0.3 is 0 Å². The predicted molar refractivity (Wildman–Crippen MR) is 90.2 cm³/mol. The van der Waals surface area contributed by atoms with Gasteiger partial charge in [0.25, 0.3) is 0 Å². The van der Waals surface area contributed by atoms with Crippen molar-refractivity contribution in [1.29, 1.82) is 0 Å². The Labute approximate surface area is 131 Å². The van der Waals surface area contributed by atoms with Gasteiger partial charge in [0, 0.05) is 17.2 Å². The van der Waals surface area contributed by atoms with Crippen molar-refractivity contribution >= 4 is 16.9 Å². The van der Waals surface area contributed by atoms with Crippen LogP contribution in [0.25, 0.3) is 0 Å². The molecule has 114 valence electrons. The number of fused-ring (bicyclic) bond motifs is 1. The van der Waals surface area contributed by atoms with Crippen molar-refractivity contribution in [3.05, 3.63) is 29.8 Å². The standard InChI is InChI=1S/C17H24N2OS/c1-3-12(4-2)16-11-18-17(21-16)19-14-9-10-20-15-8-6-5-7-13(14)15/h5-8,12,14,16H,3-4,9-11H2,1-2H3,(H,18,19). The van der Waals surface area contributed by atoms with Crippen LogP contribution in [0.1, 0.15) is 44.7 Å². The van der Waals surface area contributed by atoms with Crippen LogP contribution in [-0.4, -0.2) is 23.6 Å². The average molecular weight is 304 g/mol. The molecule has 21 heavy (non-hydrogen) atoms. The second-order valence-corrected chi connectivity index (χ2v) is 6.98. The van der Waals surface area contributed by atoms with Crippen molar-refractivity contribution in [3.63, 3.8) is 0 Å². The molecule has 0 saturated heterocycles. The minimum Gasteiger partial charge on any atom is -0.493 e. The highest BCUT2D eigenvalue weighted by Crippen LogP contribution is 2.35. The molecule has 2 aliphatic heterocycles. The van der Waals surface area contributed by atoms with Crippen molar-refractivity contribution in [2.75, 3.05) is 13.2 Å². The number of nitrogens with one attached hydrogen (secondary N) is 1. The normalized spacial score (nSPS) is 24.4. The number of thioether (sulfide) groups is 1. The molecule has 0 saturated carbocycles. The zero-order valence-electron chi connectivity index (χ0n) is 12.8. The van der Waals surface area contributed by atoms with Crippen LogP contribution in [0.5, 0.6) is 5.75 Å². The molecule has 0 radical (unpaired) electrons. The van der Waals surface area contributed by atoms with Crippen molar-refractivity contribution in [3.8, 4) is 5.75 Å². The molecule has 0 fully saturated rings. The van der Waals surface area contributed by atoms with Crippen LogP contribution < -0.4 is 10.1 Å². The van der Waals surface area contributed by atoms with E-state index in [-0.39, 0.29) is 0 Å². The fraction of sp³-hybridized carbons (Fsp3) is 0.588. The zero-order chi connectivity index (χ0) is 14.7. The summed E-state index contributed by atoms with van der Waals surface area (Å²) in [7, 11) is 0. The zero-order valence-corrected chi connectivity index (χ0v) is 13.7. The lowest BCUT2D eigenvalue weighted by Gasteiger charge is -2.27. The predicted octanol–water partition coefficient (Wildman–Crippen LogP) is 4.01. The maximum Gasteiger partial charge on any atom is 0.157 e. The van der Waals surface area contributed by atoms with Gasteiger partial charge in [-0.2, -0.15) is 0 Å². The molecule has 2 aliphatic rings. The van der Waals surface area contributed by atoms with Gasteiger partial charge in [-0.15, -0.1) is 0 Å². The minimum atomic E-state index is 0.335. The lowest BCUT2D eigenvalue weighted by molar-refractivity contribution is 0.262. The quantitative estimate of drug-likeness (QED) is 0.912. The van der Waals surface area contributed by atoms with Crippen LogP contribution >= 0.6 is 11.8 Å². The van der Waals surface area contributed by atoms with E-state index >= 15 is 0 Å². The molecule has 1 aromatic carbocycles. The maximum absolute atomic E-state index is 5.73. The number of ether oxygens (including phenoxy) is 1. The van der Waals surface area contributed by atoms with E-state index in [1.807, 2.05) is 17.8 Å². The van der Waals surface area contributed by atoms with E-state index in [1.165, 1.54) is 18.4 Å². The van der Waals surface area contributed by atoms with Crippen molar-refractivity contribution < 1.29 is 4.74 Å². The highest BCUT2D eigenvalue weighted by Gasteiger charge is 2.28. The number of hydrogen-bond donors (Lipinski definition) is 1. The molecule has 2 heterocycles. The van der Waals surface area contributed by atoms with Gasteiger partial charge in [0.05, 0.1) is 19.2 Å². The minimum absolute atomic E-state index is 0.335. The van der Waals surface area contributed by atoms with Gasteiger partial charge in [0.1, 0.15) is 5.75 Å². The Morgan fingerprint density at radius 1 is 1.33 bits per heavy atom. The Balaban J connectivity index is 1.64. The number of amidine groups is 1. The van der Waals surface area contributed by atoms with Crippen LogP contribution in [0.2, 0.25) is 0 Å². The Kier molecular flexibility index (Phi) is 4.73. The third-order valence-corrected chi connectivity index (χ3v) is 5.82. The third-order valence-electron chi connectivity index (χ3n) is 4.51. The fourth-order valence-corrected chi connectivity index (χ4v) is 4.54. The third kappa shape index (κ3) is 3.20. The first-order valence-electron chi connectivity index (χ1n) is 8.01. The second kappa shape index (κ2) is 6.73. The molecule has 0 amide bonds. The number of benzene rings is 1. The molecule has 0 aromatic heterocycles. The van der Waals surface area contributed by atoms with Crippen molar-refractivity contribution in [2.24, 2.45) is 10.9 Å². The number of aliphatic imine (C=N–C) groups is 1. The van der Waals surface area contributed by atoms with E-state index in [0.29, 0.717) is 11.3 Å². The van der Waals surface area contributed by atoms with E-state index in [4.69, 9.17) is 9.73 Å². The first kappa shape index (κ1) is 14.8. The molecule has 0 spiro atoms. The van der Waals surface area contributed by atoms with E-state index in [9.17, 15) is 0 Å². The smallest absolute Gasteiger partial charge is 0.157 e. The monoisotopic (exact) mass is 304 g/mol. The SMILES string of the molecule is CCC(CC)C1CN=C(NC2CCOc3ccccc32)S1. The van der Waals surface area contributed by atoms with Gasteiger partial charge in [0.15, 0.2) is 5.17 Å². The number of nitrogens with zero attached hydrogens (tertiary/aromatic N) is 1. The molecule has 1 N–H and O–H groups in total. The summed E-state index contributed by atoms with van der Waals surface area (Å²) in [6.45, 7) is 6.32. The Hall–Kier alpha value is -1.16. The molecule has 2 atom stereocenters. The molecule has 4 heteroatoms. The topological polar surface area (TPSA) is 33.6 Å². The highest BCUT2D eigenvalue weighted by atomic mass is 32.2. The summed E-state index contributed by atoms with van der Waals surface area (Å²) < 4.78 is 5.73. The summed E-state index contributed by atoms with van der Waals surface area (Å²) >= 11 is 1.93. The van der Waals surface area contributed by atoms with E-state index in [0.717, 1.165) is 36.4 Å². The molecule has 3 rings (SSSR count). The summed E-state index contributed by atoms with van der Waals surface area (Å²) in [5, 5.41) is 5.41. The molecule has 0 aliphatic carbocycles. The van der Waals surface area contributed by atoms with Crippen LogP contribution in [0.4, 0.5) is 0 Å². The van der Waals surface area contributed by atoms with Crippen molar-refractivity contribution in [2.45, 2.75) is 44.4 Å². The number of para-hydroxylation sites is 1. The van der Waals surface area contributed by atoms with E-state index in [1.54, 1.807) is 0 Å². The van der Waals surface area contributed by atoms with Gasteiger partial charge in [-0.25, -0.2) is 0 Å². The molecule has 1 aromatic rings. The lowest BCUT2D eigenvalue weighted by Crippen LogP contribution is -2.30. The molecule has 2 unspecified atom stereocenters. The van der Waals surface area contributed by atoms with Crippen LogP contribution in [0.15, 0.2) is 29.3 Å². The summed E-state index contributed by atoms with van der Waals surface area (Å²) in [5.41, 5.74) is 1.26. The number of hydrogen-bond acceptors (Lipinski definition) is 4. The average Bonchev–Trinajstić information content (AvgIpc) is 2.97. The largest absolute Gasteiger partial charge is 0.493 e. The van der Waals surface area contributed by atoms with Crippen LogP contribution in [-0.2, 0) is 0 Å². The van der Waals surface area contributed by atoms with Gasteiger partial charge < -0.3 is 10.1 Å². The van der Waals surface area contributed by atoms with Gasteiger partial charge in [0.2, 0.25) is 0 Å². The van der Waals surface area contributed by atoms with Gasteiger partial charge in [-0.1, -0.05) is 56.7 Å². The highest BCUT2D eigenvalue weighted by molar-refractivity contribution is 8.14. The first-order valence-corrected chi connectivity index (χ1v) is 8.89. The lowest BCUT2D eigenvalue weighted by atomic mass is 9.99. The molecular weight excluding hydrogens is 280 g/mol. The molecule has 0 bridgehead atoms. The Bertz CT molecular complexity index is 513. The van der Waals surface area contributed by atoms with E-state index < -0.39 is 0 Å². The molecular formula is C17H24N2OS. The van der Waals surface area contributed by atoms with Gasteiger partial charge in [-0.05, 0) is 12.0 Å². The first-order chi connectivity index (χ1) is 10.3. The van der Waals surface area contributed by atoms with Crippen LogP contribution in [0, 0.1) is 5.92 Å². The van der Waals surface area contributed by atoms with Crippen LogP contribution in [0.3, 0.4) is 0 Å². The fourth-order valence-electron chi connectivity index (χ4n) is 3.17. The summed E-state index contributed by atoms with van der Waals surface area (Å²) in [6, 6.07) is 8.66. The Morgan fingerprint density at radius 2 is 2.14 bits per heavy atom.